The van der Waals surface area contributed by atoms with Crippen molar-refractivity contribution in [1.29, 1.82) is 0 Å². The lowest BCUT2D eigenvalue weighted by Crippen LogP contribution is -2.49. The molecule has 9 heteroatoms. The van der Waals surface area contributed by atoms with Gasteiger partial charge in [-0.05, 0) is 55.3 Å². The smallest absolute Gasteiger partial charge is 0.241 e. The van der Waals surface area contributed by atoms with Crippen LogP contribution in [0.4, 0.5) is 0 Å². The quantitative estimate of drug-likeness (QED) is 0.499. The lowest BCUT2D eigenvalue weighted by atomic mass is 9.92. The molecule has 3 unspecified atom stereocenters. The van der Waals surface area contributed by atoms with Crippen LogP contribution in [0.25, 0.3) is 10.8 Å². The van der Waals surface area contributed by atoms with Crippen molar-refractivity contribution in [3.8, 4) is 0 Å². The number of amides is 1. The van der Waals surface area contributed by atoms with Gasteiger partial charge in [0.05, 0.1) is 17.5 Å². The van der Waals surface area contributed by atoms with Crippen LogP contribution in [0.5, 0.6) is 0 Å². The molecule has 2 aromatic carbocycles. The normalized spacial score (nSPS) is 18.0. The summed E-state index contributed by atoms with van der Waals surface area (Å²) in [5.41, 5.74) is 5.54. The number of rotatable bonds is 10. The van der Waals surface area contributed by atoms with Crippen molar-refractivity contribution < 1.29 is 23.1 Å². The van der Waals surface area contributed by atoms with E-state index in [1.54, 1.807) is 19.1 Å². The van der Waals surface area contributed by atoms with Gasteiger partial charge in [-0.15, -0.1) is 0 Å². The summed E-state index contributed by atoms with van der Waals surface area (Å²) in [6.45, 7) is 2.43. The molecule has 0 bridgehead atoms. The molecule has 1 heterocycles. The van der Waals surface area contributed by atoms with Crippen molar-refractivity contribution in [2.24, 2.45) is 11.7 Å². The van der Waals surface area contributed by atoms with E-state index >= 15 is 0 Å². The summed E-state index contributed by atoms with van der Waals surface area (Å²) < 4.78 is 28.0. The van der Waals surface area contributed by atoms with Crippen LogP contribution in [-0.2, 0) is 19.6 Å². The molecule has 1 saturated heterocycles. The Bertz CT molecular complexity index is 1050. The van der Waals surface area contributed by atoms with E-state index in [4.69, 9.17) is 5.73 Å². The number of carbonyl (C=O) groups is 2. The highest BCUT2D eigenvalue weighted by atomic mass is 32.2. The highest BCUT2D eigenvalue weighted by Crippen LogP contribution is 2.21. The molecule has 3 rings (SSSR count). The molecule has 1 fully saturated rings. The van der Waals surface area contributed by atoms with Gasteiger partial charge in [0.2, 0.25) is 15.9 Å². The number of nitrogens with two attached hydrogens (primary N) is 1. The van der Waals surface area contributed by atoms with E-state index in [2.05, 4.69) is 4.72 Å². The minimum atomic E-state index is -4.03. The zero-order valence-corrected chi connectivity index (χ0v) is 18.3. The van der Waals surface area contributed by atoms with E-state index in [9.17, 15) is 23.1 Å². The van der Waals surface area contributed by atoms with Gasteiger partial charge in [-0.25, -0.2) is 8.42 Å². The predicted octanol–water partition coefficient (Wildman–Crippen LogP) is 1.02. The summed E-state index contributed by atoms with van der Waals surface area (Å²) in [6.07, 6.45) is 2.12. The Morgan fingerprint density at radius 3 is 2.39 bits per heavy atom. The number of nitrogens with one attached hydrogen (secondary N) is 1. The third kappa shape index (κ3) is 5.48. The second kappa shape index (κ2) is 9.86. The van der Waals surface area contributed by atoms with Crippen LogP contribution in [0, 0.1) is 5.92 Å². The molecule has 3 atom stereocenters. The van der Waals surface area contributed by atoms with Crippen LogP contribution in [-0.4, -0.2) is 61.9 Å². The number of benzene rings is 2. The van der Waals surface area contributed by atoms with Crippen LogP contribution < -0.4 is 10.5 Å². The lowest BCUT2D eigenvalue weighted by molar-refractivity contribution is -0.127. The Labute approximate surface area is 182 Å². The van der Waals surface area contributed by atoms with E-state index < -0.39 is 46.3 Å². The van der Waals surface area contributed by atoms with Crippen LogP contribution in [0.1, 0.15) is 26.2 Å². The molecule has 1 aliphatic rings. The molecule has 2 aromatic rings. The Kier molecular flexibility index (Phi) is 7.42. The maximum atomic E-state index is 12.9. The molecule has 168 valence electrons. The first-order chi connectivity index (χ1) is 14.7. The summed E-state index contributed by atoms with van der Waals surface area (Å²) in [7, 11) is -4.03. The van der Waals surface area contributed by atoms with Gasteiger partial charge < -0.3 is 10.8 Å². The summed E-state index contributed by atoms with van der Waals surface area (Å²) in [5, 5.41) is 11.4. The van der Waals surface area contributed by atoms with Gasteiger partial charge in [0.15, 0.2) is 5.78 Å². The van der Waals surface area contributed by atoms with E-state index in [1.807, 2.05) is 23.1 Å². The average molecular weight is 448 g/mol. The van der Waals surface area contributed by atoms with E-state index in [1.165, 1.54) is 12.1 Å². The number of likely N-dealkylation sites (tertiary alicyclic amines) is 1. The minimum absolute atomic E-state index is 0.0113. The highest BCUT2D eigenvalue weighted by molar-refractivity contribution is 7.89. The fourth-order valence-electron chi connectivity index (χ4n) is 4.07. The number of sulfonamides is 1. The number of fused-ring (bicyclic) bond motifs is 1. The molecule has 1 amide bonds. The molecule has 0 radical (unpaired) electrons. The molecule has 1 aliphatic heterocycles. The van der Waals surface area contributed by atoms with Crippen molar-refractivity contribution in [1.82, 2.24) is 9.62 Å². The standard InChI is InChI=1S/C22H29N3O5S/c1-15(12-20(22(23)28)25-10-4-5-11-25)21(27)19(14-26)24-31(29,30)18-9-8-16-6-2-3-7-17(16)13-18/h2-3,6-9,13,15,19-20,24,26H,4-5,10-12,14H2,1H3,(H2,23,28). The fraction of sp³-hybridized carbons (Fsp3) is 0.455. The number of nitrogens with zero attached hydrogens (tertiary/aromatic N) is 1. The molecule has 31 heavy (non-hydrogen) atoms. The first-order valence-electron chi connectivity index (χ1n) is 10.4. The van der Waals surface area contributed by atoms with E-state index in [-0.39, 0.29) is 11.3 Å². The first-order valence-corrected chi connectivity index (χ1v) is 11.9. The summed E-state index contributed by atoms with van der Waals surface area (Å²) in [4.78, 5) is 26.8. The Hall–Kier alpha value is -2.33. The molecule has 0 aromatic heterocycles. The van der Waals surface area contributed by atoms with Crippen molar-refractivity contribution in [2.45, 2.75) is 43.2 Å². The lowest BCUT2D eigenvalue weighted by Gasteiger charge is -2.28. The number of hydrogen-bond donors (Lipinski definition) is 3. The number of aliphatic hydroxyl groups is 1. The van der Waals surface area contributed by atoms with Gasteiger partial charge in [-0.1, -0.05) is 37.3 Å². The van der Waals surface area contributed by atoms with Crippen molar-refractivity contribution in [2.75, 3.05) is 19.7 Å². The topological polar surface area (TPSA) is 130 Å². The van der Waals surface area contributed by atoms with Crippen LogP contribution in [0.2, 0.25) is 0 Å². The number of carbonyl (C=O) groups excluding carboxylic acids is 2. The van der Waals surface area contributed by atoms with Gasteiger partial charge in [0.1, 0.15) is 6.04 Å². The number of hydrogen-bond acceptors (Lipinski definition) is 6. The van der Waals surface area contributed by atoms with Crippen molar-refractivity contribution >= 4 is 32.5 Å². The van der Waals surface area contributed by atoms with Gasteiger partial charge in [-0.3, -0.25) is 14.5 Å². The van der Waals surface area contributed by atoms with Gasteiger partial charge >= 0.3 is 0 Å². The maximum Gasteiger partial charge on any atom is 0.241 e. The summed E-state index contributed by atoms with van der Waals surface area (Å²) in [6, 6.07) is 10.1. The number of primary amides is 1. The molecular formula is C22H29N3O5S. The number of aliphatic hydroxyl groups excluding tert-OH is 1. The first kappa shape index (κ1) is 23.3. The monoisotopic (exact) mass is 447 g/mol. The van der Waals surface area contributed by atoms with Crippen molar-refractivity contribution in [3.63, 3.8) is 0 Å². The SMILES string of the molecule is CC(CC(C(N)=O)N1CCCC1)C(=O)C(CO)NS(=O)(=O)c1ccc2ccccc2c1. The molecule has 4 N–H and O–H groups in total. The largest absolute Gasteiger partial charge is 0.394 e. The Morgan fingerprint density at radius 1 is 1.13 bits per heavy atom. The fourth-order valence-corrected chi connectivity index (χ4v) is 5.30. The minimum Gasteiger partial charge on any atom is -0.394 e. The van der Waals surface area contributed by atoms with Gasteiger partial charge in [0.25, 0.3) is 0 Å². The average Bonchev–Trinajstić information content (AvgIpc) is 3.29. The third-order valence-electron chi connectivity index (χ3n) is 5.83. The Morgan fingerprint density at radius 2 is 1.77 bits per heavy atom. The summed E-state index contributed by atoms with van der Waals surface area (Å²) >= 11 is 0. The zero-order valence-electron chi connectivity index (χ0n) is 17.5. The second-order valence-electron chi connectivity index (χ2n) is 8.07. The molecule has 8 nitrogen and oxygen atoms in total. The predicted molar refractivity (Wildman–Crippen MR) is 118 cm³/mol. The van der Waals surface area contributed by atoms with Crippen LogP contribution in [0.15, 0.2) is 47.4 Å². The highest BCUT2D eigenvalue weighted by Gasteiger charge is 2.33. The van der Waals surface area contributed by atoms with Crippen molar-refractivity contribution in [3.05, 3.63) is 42.5 Å². The van der Waals surface area contributed by atoms with E-state index in [0.717, 1.165) is 36.7 Å². The molecular weight excluding hydrogens is 418 g/mol. The second-order valence-corrected chi connectivity index (χ2v) is 9.78. The van der Waals surface area contributed by atoms with Gasteiger partial charge in [-0.2, -0.15) is 4.72 Å². The molecule has 0 saturated carbocycles. The maximum absolute atomic E-state index is 12.9. The molecule has 0 spiro atoms. The zero-order chi connectivity index (χ0) is 22.6. The van der Waals surface area contributed by atoms with Crippen LogP contribution in [0.3, 0.4) is 0 Å². The summed E-state index contributed by atoms with van der Waals surface area (Å²) in [5.74, 6) is -1.63. The van der Waals surface area contributed by atoms with E-state index in [0.29, 0.717) is 0 Å². The molecule has 0 aliphatic carbocycles. The number of ketones is 1. The Balaban J connectivity index is 1.73. The van der Waals surface area contributed by atoms with Crippen LogP contribution >= 0.6 is 0 Å². The van der Waals surface area contributed by atoms with Gasteiger partial charge in [0, 0.05) is 5.92 Å². The third-order valence-corrected chi connectivity index (χ3v) is 7.30. The number of Topliss-reactive ketones (excluding diaryl/α,β-unsaturated/α-hetero) is 1.